The maximum absolute atomic E-state index is 3.92. The van der Waals surface area contributed by atoms with Crippen LogP contribution in [0.15, 0.2) is 23.5 Å². The largest absolute Gasteiger partial charge is 0.383 e. The minimum Gasteiger partial charge on any atom is -0.383 e. The van der Waals surface area contributed by atoms with Gasteiger partial charge in [0.05, 0.1) is 11.9 Å². The molecule has 0 fully saturated rings. The van der Waals surface area contributed by atoms with Gasteiger partial charge in [-0.3, -0.25) is 9.98 Å². The second-order valence-corrected chi connectivity index (χ2v) is 2.08. The SMILES string of the molecule is C=Nc1cnccc1NCC. The fourth-order valence-electron chi connectivity index (χ4n) is 0.852. The maximum Gasteiger partial charge on any atom is 0.104 e. The molecule has 1 N–H and O–H groups in total. The van der Waals surface area contributed by atoms with Crippen molar-refractivity contribution in [2.75, 3.05) is 11.9 Å². The summed E-state index contributed by atoms with van der Waals surface area (Å²) in [5.41, 5.74) is 1.78. The lowest BCUT2D eigenvalue weighted by Gasteiger charge is -2.04. The molecular formula is C8H11N3. The molecule has 11 heavy (non-hydrogen) atoms. The number of hydrogen-bond acceptors (Lipinski definition) is 3. The van der Waals surface area contributed by atoms with Crippen molar-refractivity contribution >= 4 is 18.1 Å². The predicted molar refractivity (Wildman–Crippen MR) is 47.6 cm³/mol. The molecule has 0 bridgehead atoms. The van der Waals surface area contributed by atoms with Gasteiger partial charge in [0.2, 0.25) is 0 Å². The molecule has 1 rings (SSSR count). The number of nitrogens with one attached hydrogen (secondary N) is 1. The Kier molecular flexibility index (Phi) is 2.60. The lowest BCUT2D eigenvalue weighted by molar-refractivity contribution is 1.19. The van der Waals surface area contributed by atoms with Crippen LogP contribution in [0.1, 0.15) is 6.92 Å². The van der Waals surface area contributed by atoms with E-state index in [1.165, 1.54) is 0 Å². The Morgan fingerprint density at radius 3 is 3.18 bits per heavy atom. The summed E-state index contributed by atoms with van der Waals surface area (Å²) >= 11 is 0. The zero-order valence-electron chi connectivity index (χ0n) is 6.54. The van der Waals surface area contributed by atoms with Crippen molar-refractivity contribution in [3.8, 4) is 0 Å². The van der Waals surface area contributed by atoms with Gasteiger partial charge in [0.1, 0.15) is 5.69 Å². The topological polar surface area (TPSA) is 37.3 Å². The number of aliphatic imine (C=N–C) groups is 1. The number of anilines is 1. The molecule has 0 radical (unpaired) electrons. The van der Waals surface area contributed by atoms with Crippen LogP contribution in [0, 0.1) is 0 Å². The van der Waals surface area contributed by atoms with E-state index in [0.29, 0.717) is 0 Å². The molecule has 0 aliphatic heterocycles. The molecule has 3 nitrogen and oxygen atoms in total. The monoisotopic (exact) mass is 149 g/mol. The van der Waals surface area contributed by atoms with Gasteiger partial charge in [0.25, 0.3) is 0 Å². The number of aromatic nitrogens is 1. The third-order valence-corrected chi connectivity index (χ3v) is 1.34. The third-order valence-electron chi connectivity index (χ3n) is 1.34. The van der Waals surface area contributed by atoms with Gasteiger partial charge in [0, 0.05) is 12.7 Å². The molecule has 0 aliphatic carbocycles. The fourth-order valence-corrected chi connectivity index (χ4v) is 0.852. The molecule has 0 saturated carbocycles. The van der Waals surface area contributed by atoms with Gasteiger partial charge in [-0.1, -0.05) is 0 Å². The van der Waals surface area contributed by atoms with Crippen LogP contribution in [0.2, 0.25) is 0 Å². The van der Waals surface area contributed by atoms with Gasteiger partial charge in [0.15, 0.2) is 0 Å². The van der Waals surface area contributed by atoms with Crippen molar-refractivity contribution in [3.05, 3.63) is 18.5 Å². The first kappa shape index (κ1) is 7.72. The van der Waals surface area contributed by atoms with Gasteiger partial charge in [-0.05, 0) is 19.7 Å². The van der Waals surface area contributed by atoms with Crippen LogP contribution in [0.25, 0.3) is 0 Å². The van der Waals surface area contributed by atoms with Crippen LogP contribution in [0.5, 0.6) is 0 Å². The quantitative estimate of drug-likeness (QED) is 0.666. The second kappa shape index (κ2) is 3.71. The summed E-state index contributed by atoms with van der Waals surface area (Å²) in [6.07, 6.45) is 3.41. The highest BCUT2D eigenvalue weighted by Gasteiger charge is 1.95. The maximum atomic E-state index is 3.92. The smallest absolute Gasteiger partial charge is 0.104 e. The lowest BCUT2D eigenvalue weighted by Crippen LogP contribution is -1.96. The first-order valence-corrected chi connectivity index (χ1v) is 3.53. The summed E-state index contributed by atoms with van der Waals surface area (Å²) in [4.78, 5) is 7.74. The molecule has 58 valence electrons. The second-order valence-electron chi connectivity index (χ2n) is 2.08. The third kappa shape index (κ3) is 1.77. The summed E-state index contributed by atoms with van der Waals surface area (Å²) in [6, 6.07) is 1.88. The summed E-state index contributed by atoms with van der Waals surface area (Å²) < 4.78 is 0. The van der Waals surface area contributed by atoms with E-state index in [1.54, 1.807) is 12.4 Å². The Hall–Kier alpha value is -1.38. The number of nitrogens with zero attached hydrogens (tertiary/aromatic N) is 2. The highest BCUT2D eigenvalue weighted by atomic mass is 14.9. The molecular weight excluding hydrogens is 138 g/mol. The molecule has 3 heteroatoms. The average Bonchev–Trinajstić information content (AvgIpc) is 2.06. The molecule has 0 atom stereocenters. The standard InChI is InChI=1S/C8H11N3/c1-3-11-7-4-5-10-6-8(7)9-2/h4-6H,2-3H2,1H3,(H,10,11). The van der Waals surface area contributed by atoms with E-state index in [9.17, 15) is 0 Å². The van der Waals surface area contributed by atoms with Crippen LogP contribution in [0.3, 0.4) is 0 Å². The summed E-state index contributed by atoms with van der Waals surface area (Å²) in [5, 5.41) is 3.15. The van der Waals surface area contributed by atoms with Crippen molar-refractivity contribution < 1.29 is 0 Å². The average molecular weight is 149 g/mol. The van der Waals surface area contributed by atoms with Crippen LogP contribution in [-0.2, 0) is 0 Å². The Morgan fingerprint density at radius 2 is 2.55 bits per heavy atom. The number of hydrogen-bond donors (Lipinski definition) is 1. The molecule has 0 amide bonds. The zero-order chi connectivity index (χ0) is 8.10. The number of rotatable bonds is 3. The molecule has 0 saturated heterocycles. The molecule has 0 spiro atoms. The van der Waals surface area contributed by atoms with Gasteiger partial charge >= 0.3 is 0 Å². The minimum atomic E-state index is 0.800. The van der Waals surface area contributed by atoms with Gasteiger partial charge in [-0.15, -0.1) is 0 Å². The van der Waals surface area contributed by atoms with E-state index >= 15 is 0 Å². The molecule has 1 aromatic rings. The van der Waals surface area contributed by atoms with Crippen molar-refractivity contribution in [2.24, 2.45) is 4.99 Å². The lowest BCUT2D eigenvalue weighted by atomic mass is 10.3. The summed E-state index contributed by atoms with van der Waals surface area (Å²) in [7, 11) is 0. The fraction of sp³-hybridized carbons (Fsp3) is 0.250. The van der Waals surface area contributed by atoms with E-state index in [1.807, 2.05) is 13.0 Å². The van der Waals surface area contributed by atoms with Gasteiger partial charge in [-0.2, -0.15) is 0 Å². The molecule has 0 aliphatic rings. The minimum absolute atomic E-state index is 0.800. The Labute approximate surface area is 66.2 Å². The van der Waals surface area contributed by atoms with Crippen LogP contribution < -0.4 is 5.32 Å². The molecule has 1 aromatic heterocycles. The van der Waals surface area contributed by atoms with Crippen LogP contribution in [0.4, 0.5) is 11.4 Å². The highest BCUT2D eigenvalue weighted by molar-refractivity contribution is 5.65. The zero-order valence-corrected chi connectivity index (χ0v) is 6.54. The summed E-state index contributed by atoms with van der Waals surface area (Å²) in [5.74, 6) is 0. The molecule has 1 heterocycles. The number of pyridine rings is 1. The van der Waals surface area contributed by atoms with Gasteiger partial charge in [-0.25, -0.2) is 0 Å². The Bertz CT molecular complexity index is 245. The molecule has 0 aromatic carbocycles. The van der Waals surface area contributed by atoms with Crippen molar-refractivity contribution in [1.29, 1.82) is 0 Å². The van der Waals surface area contributed by atoms with Crippen molar-refractivity contribution in [3.63, 3.8) is 0 Å². The first-order chi connectivity index (χ1) is 5.38. The Morgan fingerprint density at radius 1 is 1.73 bits per heavy atom. The van der Waals surface area contributed by atoms with Gasteiger partial charge < -0.3 is 5.32 Å². The predicted octanol–water partition coefficient (Wildman–Crippen LogP) is 1.85. The Balaban J connectivity index is 2.92. The first-order valence-electron chi connectivity index (χ1n) is 3.53. The van der Waals surface area contributed by atoms with E-state index in [2.05, 4.69) is 22.0 Å². The van der Waals surface area contributed by atoms with Crippen LogP contribution in [-0.4, -0.2) is 18.2 Å². The summed E-state index contributed by atoms with van der Waals surface area (Å²) in [6.45, 7) is 6.36. The molecule has 0 unspecified atom stereocenters. The van der Waals surface area contributed by atoms with E-state index in [4.69, 9.17) is 0 Å². The van der Waals surface area contributed by atoms with E-state index in [0.717, 1.165) is 17.9 Å². The van der Waals surface area contributed by atoms with Crippen molar-refractivity contribution in [2.45, 2.75) is 6.92 Å². The normalized spacial score (nSPS) is 9.18. The van der Waals surface area contributed by atoms with Crippen molar-refractivity contribution in [1.82, 2.24) is 4.98 Å². The highest BCUT2D eigenvalue weighted by Crippen LogP contribution is 2.21. The van der Waals surface area contributed by atoms with Crippen LogP contribution >= 0.6 is 0 Å². The van der Waals surface area contributed by atoms with E-state index < -0.39 is 0 Å². The van der Waals surface area contributed by atoms with E-state index in [-0.39, 0.29) is 0 Å².